The summed E-state index contributed by atoms with van der Waals surface area (Å²) in [6.45, 7) is 0.677. The van der Waals surface area contributed by atoms with E-state index in [9.17, 15) is 14.7 Å². The van der Waals surface area contributed by atoms with Crippen molar-refractivity contribution in [2.75, 3.05) is 13.7 Å². The van der Waals surface area contributed by atoms with Gasteiger partial charge in [-0.25, -0.2) is 0 Å². The van der Waals surface area contributed by atoms with E-state index in [1.54, 1.807) is 19.2 Å². The van der Waals surface area contributed by atoms with Crippen LogP contribution in [0.4, 0.5) is 0 Å². The van der Waals surface area contributed by atoms with Crippen molar-refractivity contribution in [2.24, 2.45) is 0 Å². The van der Waals surface area contributed by atoms with Gasteiger partial charge in [0.15, 0.2) is 5.78 Å². The predicted molar refractivity (Wildman–Crippen MR) is 94.3 cm³/mol. The van der Waals surface area contributed by atoms with Crippen LogP contribution in [0.2, 0.25) is 0 Å². The van der Waals surface area contributed by atoms with Crippen molar-refractivity contribution in [2.45, 2.75) is 62.7 Å². The van der Waals surface area contributed by atoms with Crippen LogP contribution in [0.1, 0.15) is 55.3 Å². The van der Waals surface area contributed by atoms with Crippen LogP contribution in [0, 0.1) is 0 Å². The lowest BCUT2D eigenvalue weighted by atomic mass is 9.79. The van der Waals surface area contributed by atoms with Crippen LogP contribution in [0.25, 0.3) is 0 Å². The number of ketones is 1. The van der Waals surface area contributed by atoms with Crippen LogP contribution < -0.4 is 0 Å². The molecule has 0 bridgehead atoms. The first kappa shape index (κ1) is 18.1. The number of hydrogen-bond acceptors (Lipinski definition) is 4. The molecule has 0 aromatic heterocycles. The second-order valence-corrected chi connectivity index (χ2v) is 7.19. The number of ether oxygens (including phenoxy) is 1. The van der Waals surface area contributed by atoms with Gasteiger partial charge in [-0.15, -0.1) is 0 Å². The van der Waals surface area contributed by atoms with Gasteiger partial charge in [0.05, 0.1) is 17.7 Å². The lowest BCUT2D eigenvalue weighted by Gasteiger charge is -2.42. The van der Waals surface area contributed by atoms with Gasteiger partial charge in [-0.3, -0.25) is 9.59 Å². The Bertz CT molecular complexity index is 617. The molecule has 1 amide bonds. The van der Waals surface area contributed by atoms with E-state index in [2.05, 4.69) is 0 Å². The normalized spacial score (nSPS) is 28.6. The second-order valence-electron chi connectivity index (χ2n) is 7.19. The molecule has 1 aromatic rings. The first-order valence-corrected chi connectivity index (χ1v) is 9.17. The molecule has 1 saturated heterocycles. The number of rotatable bonds is 6. The Hall–Kier alpha value is -1.72. The number of benzene rings is 1. The van der Waals surface area contributed by atoms with Gasteiger partial charge >= 0.3 is 0 Å². The van der Waals surface area contributed by atoms with Crippen molar-refractivity contribution >= 4 is 11.7 Å². The molecular formula is C20H27NO4. The summed E-state index contributed by atoms with van der Waals surface area (Å²) in [5.74, 6) is 0.146. The summed E-state index contributed by atoms with van der Waals surface area (Å²) in [6.07, 6.45) is 3.89. The van der Waals surface area contributed by atoms with E-state index in [1.165, 1.54) is 0 Å². The summed E-state index contributed by atoms with van der Waals surface area (Å²) in [5.41, 5.74) is 0.402. The molecule has 25 heavy (non-hydrogen) atoms. The van der Waals surface area contributed by atoms with Crippen molar-refractivity contribution in [1.82, 2.24) is 4.90 Å². The summed E-state index contributed by atoms with van der Waals surface area (Å²) in [7, 11) is 1.71. The topological polar surface area (TPSA) is 66.8 Å². The predicted octanol–water partition coefficient (Wildman–Crippen LogP) is 2.57. The van der Waals surface area contributed by atoms with Gasteiger partial charge in [-0.2, -0.15) is 0 Å². The van der Waals surface area contributed by atoms with Crippen molar-refractivity contribution < 1.29 is 19.4 Å². The van der Waals surface area contributed by atoms with Crippen molar-refractivity contribution in [3.8, 4) is 0 Å². The number of likely N-dealkylation sites (tertiary alicyclic amines) is 1. The lowest BCUT2D eigenvalue weighted by molar-refractivity contribution is -0.139. The molecule has 0 radical (unpaired) electrons. The van der Waals surface area contributed by atoms with Gasteiger partial charge in [-0.05, 0) is 32.1 Å². The molecular weight excluding hydrogens is 318 g/mol. The van der Waals surface area contributed by atoms with Gasteiger partial charge in [0.2, 0.25) is 5.91 Å². The second kappa shape index (κ2) is 7.67. The molecule has 1 saturated carbocycles. The summed E-state index contributed by atoms with van der Waals surface area (Å²) in [4.78, 5) is 26.7. The highest BCUT2D eigenvalue weighted by atomic mass is 16.5. The number of methoxy groups -OCH3 is 1. The highest BCUT2D eigenvalue weighted by Gasteiger charge is 2.52. The Kier molecular flexibility index (Phi) is 5.54. The van der Waals surface area contributed by atoms with E-state index in [0.29, 0.717) is 37.8 Å². The highest BCUT2D eigenvalue weighted by Crippen LogP contribution is 2.42. The first-order chi connectivity index (χ1) is 12.1. The average molecular weight is 345 g/mol. The molecule has 2 aliphatic rings. The number of Topliss-reactive ketones (excluding diaryl/α,β-unsaturated/α-hetero) is 1. The Morgan fingerprint density at radius 1 is 1.24 bits per heavy atom. The van der Waals surface area contributed by atoms with Gasteiger partial charge in [0.1, 0.15) is 0 Å². The Morgan fingerprint density at radius 3 is 2.72 bits per heavy atom. The SMILES string of the molecule is CO[C@@]12CC[C@@H](O)C[C@@H]1N(C(=O)CCCC(=O)c1ccccc1)CC2. The number of aliphatic hydroxyl groups excluding tert-OH is 1. The van der Waals surface area contributed by atoms with Crippen LogP contribution in [-0.2, 0) is 9.53 Å². The fourth-order valence-corrected chi connectivity index (χ4v) is 4.29. The number of hydrogen-bond donors (Lipinski definition) is 1. The van der Waals surface area contributed by atoms with E-state index in [0.717, 1.165) is 19.3 Å². The van der Waals surface area contributed by atoms with Gasteiger partial charge in [0, 0.05) is 32.1 Å². The Balaban J connectivity index is 1.54. The zero-order chi connectivity index (χ0) is 17.9. The third kappa shape index (κ3) is 3.77. The molecule has 1 aliphatic heterocycles. The molecule has 136 valence electrons. The number of fused-ring (bicyclic) bond motifs is 1. The minimum Gasteiger partial charge on any atom is -0.393 e. The Labute approximate surface area is 149 Å². The van der Waals surface area contributed by atoms with Crippen molar-refractivity contribution in [1.29, 1.82) is 0 Å². The molecule has 3 atom stereocenters. The van der Waals surface area contributed by atoms with E-state index in [1.807, 2.05) is 23.1 Å². The standard InChI is InChI=1S/C20H27NO4/c1-25-20-11-10-16(22)14-18(20)21(13-12-20)19(24)9-5-8-17(23)15-6-3-2-4-7-15/h2-4,6-7,16,18,22H,5,8-14H2,1H3/t16-,18+,20-/m1/s1. The third-order valence-corrected chi connectivity index (χ3v) is 5.77. The fourth-order valence-electron chi connectivity index (χ4n) is 4.29. The zero-order valence-corrected chi connectivity index (χ0v) is 14.8. The van der Waals surface area contributed by atoms with E-state index < -0.39 is 0 Å². The smallest absolute Gasteiger partial charge is 0.222 e. The quantitative estimate of drug-likeness (QED) is 0.805. The molecule has 0 spiro atoms. The number of aliphatic hydroxyl groups is 1. The summed E-state index contributed by atoms with van der Waals surface area (Å²) < 4.78 is 5.77. The maximum Gasteiger partial charge on any atom is 0.222 e. The number of carbonyl (C=O) groups excluding carboxylic acids is 2. The van der Waals surface area contributed by atoms with Crippen LogP contribution in [0.15, 0.2) is 30.3 Å². The number of amides is 1. The molecule has 5 nitrogen and oxygen atoms in total. The van der Waals surface area contributed by atoms with Crippen molar-refractivity contribution in [3.63, 3.8) is 0 Å². The largest absolute Gasteiger partial charge is 0.393 e. The van der Waals surface area contributed by atoms with Crippen molar-refractivity contribution in [3.05, 3.63) is 35.9 Å². The van der Waals surface area contributed by atoms with Gasteiger partial charge < -0.3 is 14.7 Å². The van der Waals surface area contributed by atoms with E-state index >= 15 is 0 Å². The molecule has 5 heteroatoms. The average Bonchev–Trinajstić information content (AvgIpc) is 3.01. The zero-order valence-electron chi connectivity index (χ0n) is 14.8. The fraction of sp³-hybridized carbons (Fsp3) is 0.600. The Morgan fingerprint density at radius 2 is 2.00 bits per heavy atom. The van der Waals surface area contributed by atoms with Gasteiger partial charge in [-0.1, -0.05) is 30.3 Å². The lowest BCUT2D eigenvalue weighted by Crippen LogP contribution is -2.52. The summed E-state index contributed by atoms with van der Waals surface area (Å²) in [5, 5.41) is 10.0. The molecule has 1 aliphatic carbocycles. The number of nitrogens with zero attached hydrogens (tertiary/aromatic N) is 1. The molecule has 0 unspecified atom stereocenters. The minimum atomic E-state index is -0.360. The van der Waals surface area contributed by atoms with Crippen LogP contribution in [0.5, 0.6) is 0 Å². The van der Waals surface area contributed by atoms with E-state index in [-0.39, 0.29) is 29.4 Å². The third-order valence-electron chi connectivity index (χ3n) is 5.77. The molecule has 1 N–H and O–H groups in total. The summed E-state index contributed by atoms with van der Waals surface area (Å²) in [6, 6.07) is 9.15. The van der Waals surface area contributed by atoms with Crippen LogP contribution in [-0.4, -0.2) is 53.1 Å². The minimum absolute atomic E-state index is 0.0430. The molecule has 1 heterocycles. The van der Waals surface area contributed by atoms with Crippen LogP contribution in [0.3, 0.4) is 0 Å². The highest BCUT2D eigenvalue weighted by molar-refractivity contribution is 5.96. The summed E-state index contributed by atoms with van der Waals surface area (Å²) >= 11 is 0. The first-order valence-electron chi connectivity index (χ1n) is 9.17. The van der Waals surface area contributed by atoms with E-state index in [4.69, 9.17) is 4.74 Å². The molecule has 3 rings (SSSR count). The van der Waals surface area contributed by atoms with Gasteiger partial charge in [0.25, 0.3) is 0 Å². The number of carbonyl (C=O) groups is 2. The maximum absolute atomic E-state index is 12.7. The van der Waals surface area contributed by atoms with Crippen LogP contribution >= 0.6 is 0 Å². The molecule has 2 fully saturated rings. The monoisotopic (exact) mass is 345 g/mol. The molecule has 1 aromatic carbocycles. The maximum atomic E-state index is 12.7.